The Labute approximate surface area is 161 Å². The molecule has 0 unspecified atom stereocenters. The molecule has 1 aromatic carbocycles. The predicted octanol–water partition coefficient (Wildman–Crippen LogP) is 2.23. The lowest BCUT2D eigenvalue weighted by molar-refractivity contribution is -0.118. The normalized spacial score (nSPS) is 11.0. The van der Waals surface area contributed by atoms with Gasteiger partial charge in [0.15, 0.2) is 5.76 Å². The number of thioether (sulfide) groups is 1. The number of H-pyrrole nitrogens is 1. The van der Waals surface area contributed by atoms with Crippen LogP contribution in [0.5, 0.6) is 0 Å². The minimum Gasteiger partial charge on any atom is -0.463 e. The fourth-order valence-electron chi connectivity index (χ4n) is 2.51. The lowest BCUT2D eigenvalue weighted by atomic mass is 10.2. The SMILES string of the molecule is O=C(CSc1n[nH]c(=O)c2cc(-c3ccco3)nn12)NCc1ccc(F)cc1. The van der Waals surface area contributed by atoms with Gasteiger partial charge in [-0.2, -0.15) is 5.10 Å². The number of halogens is 1. The fraction of sp³-hybridized carbons (Fsp3) is 0.111. The molecule has 10 heteroatoms. The van der Waals surface area contributed by atoms with Crippen LogP contribution in [-0.2, 0) is 11.3 Å². The van der Waals surface area contributed by atoms with Crippen LogP contribution < -0.4 is 10.9 Å². The standard InChI is InChI=1S/C18H14FN5O3S/c19-12-5-3-11(4-6-12)9-20-16(25)10-28-18-22-21-17(26)14-8-13(23-24(14)18)15-2-1-7-27-15/h1-8H,9-10H2,(H,20,25)(H,21,26). The number of nitrogens with zero attached hydrogens (tertiary/aromatic N) is 3. The summed E-state index contributed by atoms with van der Waals surface area (Å²) in [6.45, 7) is 0.290. The van der Waals surface area contributed by atoms with E-state index in [1.807, 2.05) is 0 Å². The summed E-state index contributed by atoms with van der Waals surface area (Å²) in [5.74, 6) is 0.0441. The molecule has 0 aliphatic rings. The van der Waals surface area contributed by atoms with Crippen molar-refractivity contribution >= 4 is 23.2 Å². The van der Waals surface area contributed by atoms with Crippen molar-refractivity contribution in [2.24, 2.45) is 0 Å². The average molecular weight is 399 g/mol. The van der Waals surface area contributed by atoms with Gasteiger partial charge in [-0.3, -0.25) is 9.59 Å². The summed E-state index contributed by atoms with van der Waals surface area (Å²) in [6, 6.07) is 10.9. The van der Waals surface area contributed by atoms with Crippen LogP contribution in [0.15, 0.2) is 63.1 Å². The highest BCUT2D eigenvalue weighted by molar-refractivity contribution is 7.99. The lowest BCUT2D eigenvalue weighted by Gasteiger charge is -2.05. The van der Waals surface area contributed by atoms with E-state index < -0.39 is 5.56 Å². The molecule has 0 saturated carbocycles. The van der Waals surface area contributed by atoms with Crippen molar-refractivity contribution in [3.63, 3.8) is 0 Å². The molecule has 0 atom stereocenters. The van der Waals surface area contributed by atoms with Gasteiger partial charge < -0.3 is 9.73 Å². The van der Waals surface area contributed by atoms with Gasteiger partial charge in [0, 0.05) is 12.6 Å². The summed E-state index contributed by atoms with van der Waals surface area (Å²) in [5, 5.41) is 13.8. The Morgan fingerprint density at radius 2 is 2.11 bits per heavy atom. The molecule has 0 spiro atoms. The van der Waals surface area contributed by atoms with E-state index in [1.54, 1.807) is 30.3 Å². The van der Waals surface area contributed by atoms with Crippen LogP contribution in [0.2, 0.25) is 0 Å². The molecule has 142 valence electrons. The second-order valence-corrected chi connectivity index (χ2v) is 6.77. The minimum atomic E-state index is -0.393. The van der Waals surface area contributed by atoms with Crippen molar-refractivity contribution in [2.75, 3.05) is 5.75 Å². The van der Waals surface area contributed by atoms with E-state index in [2.05, 4.69) is 20.6 Å². The van der Waals surface area contributed by atoms with Crippen molar-refractivity contribution in [1.82, 2.24) is 25.1 Å². The molecule has 0 bridgehead atoms. The summed E-state index contributed by atoms with van der Waals surface area (Å²) in [4.78, 5) is 24.1. The highest BCUT2D eigenvalue weighted by Gasteiger charge is 2.14. The Hall–Kier alpha value is -3.40. The van der Waals surface area contributed by atoms with Gasteiger partial charge in [0.2, 0.25) is 11.1 Å². The molecule has 4 aromatic rings. The molecule has 2 N–H and O–H groups in total. The Bertz CT molecular complexity index is 1170. The fourth-order valence-corrected chi connectivity index (χ4v) is 3.25. The second kappa shape index (κ2) is 7.69. The van der Waals surface area contributed by atoms with Crippen LogP contribution in [0, 0.1) is 5.82 Å². The van der Waals surface area contributed by atoms with Gasteiger partial charge in [-0.1, -0.05) is 23.9 Å². The summed E-state index contributed by atoms with van der Waals surface area (Å²) in [6.07, 6.45) is 1.52. The van der Waals surface area contributed by atoms with Crippen molar-refractivity contribution in [3.8, 4) is 11.5 Å². The number of hydrogen-bond acceptors (Lipinski definition) is 6. The summed E-state index contributed by atoms with van der Waals surface area (Å²) >= 11 is 1.13. The average Bonchev–Trinajstić information content (AvgIpc) is 3.37. The van der Waals surface area contributed by atoms with Gasteiger partial charge in [-0.05, 0) is 29.8 Å². The van der Waals surface area contributed by atoms with Crippen LogP contribution in [0.4, 0.5) is 4.39 Å². The highest BCUT2D eigenvalue weighted by atomic mass is 32.2. The van der Waals surface area contributed by atoms with Crippen molar-refractivity contribution in [2.45, 2.75) is 11.7 Å². The van der Waals surface area contributed by atoms with E-state index in [4.69, 9.17) is 4.42 Å². The monoisotopic (exact) mass is 399 g/mol. The van der Waals surface area contributed by atoms with E-state index in [0.29, 0.717) is 28.7 Å². The van der Waals surface area contributed by atoms with Gasteiger partial charge in [0.05, 0.1) is 12.0 Å². The maximum atomic E-state index is 12.9. The molecule has 0 radical (unpaired) electrons. The molecule has 3 heterocycles. The molecule has 0 aliphatic carbocycles. The number of carbonyl (C=O) groups is 1. The predicted molar refractivity (Wildman–Crippen MR) is 100 cm³/mol. The largest absolute Gasteiger partial charge is 0.463 e. The number of hydrogen-bond donors (Lipinski definition) is 2. The summed E-state index contributed by atoms with van der Waals surface area (Å²) in [5.41, 5.74) is 1.19. The van der Waals surface area contributed by atoms with Gasteiger partial charge >= 0.3 is 0 Å². The second-order valence-electron chi connectivity index (χ2n) is 5.83. The minimum absolute atomic E-state index is 0.0747. The van der Waals surface area contributed by atoms with E-state index >= 15 is 0 Å². The molecule has 4 rings (SSSR count). The molecule has 0 saturated heterocycles. The number of aromatic nitrogens is 4. The first kappa shape index (κ1) is 18.0. The Morgan fingerprint density at radius 1 is 1.29 bits per heavy atom. The molecule has 0 aliphatic heterocycles. The molecule has 1 amide bonds. The van der Waals surface area contributed by atoms with E-state index in [-0.39, 0.29) is 17.5 Å². The Kier molecular flexibility index (Phi) is 4.94. The number of nitrogens with one attached hydrogen (secondary N) is 2. The van der Waals surface area contributed by atoms with Crippen LogP contribution >= 0.6 is 11.8 Å². The van der Waals surface area contributed by atoms with Crippen molar-refractivity contribution in [1.29, 1.82) is 0 Å². The maximum absolute atomic E-state index is 12.9. The van der Waals surface area contributed by atoms with Gasteiger partial charge in [0.1, 0.15) is 17.0 Å². The summed E-state index contributed by atoms with van der Waals surface area (Å²) in [7, 11) is 0. The summed E-state index contributed by atoms with van der Waals surface area (Å²) < 4.78 is 19.6. The van der Waals surface area contributed by atoms with Crippen LogP contribution in [0.3, 0.4) is 0 Å². The Balaban J connectivity index is 1.45. The number of rotatable bonds is 6. The smallest absolute Gasteiger partial charge is 0.290 e. The zero-order valence-electron chi connectivity index (χ0n) is 14.4. The maximum Gasteiger partial charge on any atom is 0.290 e. The Morgan fingerprint density at radius 3 is 2.86 bits per heavy atom. The zero-order valence-corrected chi connectivity index (χ0v) is 15.2. The third-order valence-electron chi connectivity index (χ3n) is 3.89. The van der Waals surface area contributed by atoms with E-state index in [1.165, 1.54) is 22.9 Å². The highest BCUT2D eigenvalue weighted by Crippen LogP contribution is 2.21. The molecule has 28 heavy (non-hydrogen) atoms. The molecular formula is C18H14FN5O3S. The van der Waals surface area contributed by atoms with Crippen LogP contribution in [0.1, 0.15) is 5.56 Å². The van der Waals surface area contributed by atoms with E-state index in [0.717, 1.165) is 17.3 Å². The first-order valence-electron chi connectivity index (χ1n) is 8.26. The molecule has 3 aromatic heterocycles. The molecule has 8 nitrogen and oxygen atoms in total. The van der Waals surface area contributed by atoms with Crippen molar-refractivity contribution in [3.05, 3.63) is 70.5 Å². The number of carbonyl (C=O) groups excluding carboxylic acids is 1. The van der Waals surface area contributed by atoms with Crippen LogP contribution in [-0.4, -0.2) is 31.5 Å². The number of aromatic amines is 1. The first-order chi connectivity index (χ1) is 13.6. The number of benzene rings is 1. The van der Waals surface area contributed by atoms with Gasteiger partial charge in [0.25, 0.3) is 5.56 Å². The van der Waals surface area contributed by atoms with Gasteiger partial charge in [-0.25, -0.2) is 14.0 Å². The van der Waals surface area contributed by atoms with Crippen LogP contribution in [0.25, 0.3) is 17.0 Å². The molecule has 0 fully saturated rings. The first-order valence-corrected chi connectivity index (χ1v) is 9.25. The number of furan rings is 1. The molecular weight excluding hydrogens is 385 g/mol. The third kappa shape index (κ3) is 3.81. The lowest BCUT2D eigenvalue weighted by Crippen LogP contribution is -2.25. The number of fused-ring (bicyclic) bond motifs is 1. The third-order valence-corrected chi connectivity index (χ3v) is 4.81. The van der Waals surface area contributed by atoms with Gasteiger partial charge in [-0.15, -0.1) is 5.10 Å². The number of amides is 1. The quantitative estimate of drug-likeness (QED) is 0.482. The zero-order chi connectivity index (χ0) is 19.5. The topological polar surface area (TPSA) is 105 Å². The van der Waals surface area contributed by atoms with Crippen molar-refractivity contribution < 1.29 is 13.6 Å². The van der Waals surface area contributed by atoms with E-state index in [9.17, 15) is 14.0 Å².